The first-order chi connectivity index (χ1) is 8.66. The molecule has 0 spiro atoms. The highest BCUT2D eigenvalue weighted by Gasteiger charge is 2.08. The van der Waals surface area contributed by atoms with E-state index in [1.807, 2.05) is 0 Å². The van der Waals surface area contributed by atoms with Crippen molar-refractivity contribution in [2.45, 2.75) is 6.54 Å². The Morgan fingerprint density at radius 1 is 1.50 bits per heavy atom. The second-order valence-corrected chi connectivity index (χ2v) is 3.21. The highest BCUT2D eigenvalue weighted by Crippen LogP contribution is 2.19. The predicted molar refractivity (Wildman–Crippen MR) is 53.5 cm³/mol. The topological polar surface area (TPSA) is 147 Å². The fourth-order valence-corrected chi connectivity index (χ4v) is 1.22. The molecule has 0 aliphatic rings. The molecule has 10 heteroatoms. The molecule has 2 aromatic rings. The Balaban J connectivity index is 2.13. The Hall–Kier alpha value is -2.91. The maximum Gasteiger partial charge on any atom is 0.352 e. The SMILES string of the molecule is O=[N+]([O-])c1ccc([O-])c(C[NH+]=Nc2nn[nH]n2)c1. The van der Waals surface area contributed by atoms with Crippen LogP contribution in [-0.2, 0) is 6.54 Å². The highest BCUT2D eigenvalue weighted by atomic mass is 16.6. The molecule has 0 amide bonds. The Labute approximate surface area is 99.5 Å². The molecule has 0 aliphatic carbocycles. The average molecular weight is 249 g/mol. The molecule has 18 heavy (non-hydrogen) atoms. The zero-order chi connectivity index (χ0) is 13.0. The lowest BCUT2D eigenvalue weighted by molar-refractivity contribution is -0.546. The number of H-pyrrole nitrogens is 1. The smallest absolute Gasteiger partial charge is 0.352 e. The summed E-state index contributed by atoms with van der Waals surface area (Å²) in [6.45, 7) is 0.0368. The standard InChI is InChI=1S/C8H7N7O3/c16-7-2-1-6(15(17)18)3-5(7)4-9-10-8-11-13-14-12-8/h1-3,16H,4H2,(H,11,12,13,14). The minimum atomic E-state index is -0.570. The van der Waals surface area contributed by atoms with Gasteiger partial charge in [0.25, 0.3) is 5.69 Å². The summed E-state index contributed by atoms with van der Waals surface area (Å²) in [5, 5.41) is 40.8. The van der Waals surface area contributed by atoms with Crippen molar-refractivity contribution in [2.75, 3.05) is 0 Å². The first-order valence-corrected chi connectivity index (χ1v) is 4.78. The van der Waals surface area contributed by atoms with Gasteiger partial charge in [-0.3, -0.25) is 10.1 Å². The van der Waals surface area contributed by atoms with Gasteiger partial charge < -0.3 is 5.11 Å². The number of nitro benzene ring substituents is 1. The molecule has 0 bridgehead atoms. The lowest BCUT2D eigenvalue weighted by Gasteiger charge is -2.07. The molecule has 2 N–H and O–H groups in total. The van der Waals surface area contributed by atoms with Crippen LogP contribution >= 0.6 is 0 Å². The maximum absolute atomic E-state index is 11.4. The van der Waals surface area contributed by atoms with Crippen LogP contribution in [0.1, 0.15) is 5.56 Å². The molecule has 0 saturated carbocycles. The van der Waals surface area contributed by atoms with E-state index >= 15 is 0 Å². The summed E-state index contributed by atoms with van der Waals surface area (Å²) in [4.78, 5) is 9.98. The summed E-state index contributed by atoms with van der Waals surface area (Å²) >= 11 is 0. The third-order valence-corrected chi connectivity index (χ3v) is 2.04. The van der Waals surface area contributed by atoms with Gasteiger partial charge in [0.15, 0.2) is 6.54 Å². The van der Waals surface area contributed by atoms with Crippen molar-refractivity contribution in [3.8, 4) is 5.75 Å². The van der Waals surface area contributed by atoms with Gasteiger partial charge in [-0.15, -0.1) is 10.2 Å². The molecule has 10 nitrogen and oxygen atoms in total. The quantitative estimate of drug-likeness (QED) is 0.384. The van der Waals surface area contributed by atoms with Crippen LogP contribution in [0, 0.1) is 10.1 Å². The van der Waals surface area contributed by atoms with Crippen LogP contribution in [0.15, 0.2) is 23.3 Å². The molecule has 92 valence electrons. The zero-order valence-corrected chi connectivity index (χ0v) is 8.90. The van der Waals surface area contributed by atoms with Crippen molar-refractivity contribution in [1.82, 2.24) is 20.6 Å². The Kier molecular flexibility index (Phi) is 3.18. The van der Waals surface area contributed by atoms with E-state index < -0.39 is 4.92 Å². The lowest BCUT2D eigenvalue weighted by atomic mass is 10.2. The van der Waals surface area contributed by atoms with Crippen LogP contribution < -0.4 is 10.2 Å². The Morgan fingerprint density at radius 3 is 3.00 bits per heavy atom. The number of nitrogens with zero attached hydrogens (tertiary/aromatic N) is 5. The van der Waals surface area contributed by atoms with Crippen molar-refractivity contribution in [3.63, 3.8) is 0 Å². The minimum Gasteiger partial charge on any atom is -0.872 e. The Morgan fingerprint density at radius 2 is 2.33 bits per heavy atom. The molecule has 0 unspecified atom stereocenters. The monoisotopic (exact) mass is 249 g/mol. The van der Waals surface area contributed by atoms with Crippen molar-refractivity contribution in [1.29, 1.82) is 0 Å². The summed E-state index contributed by atoms with van der Waals surface area (Å²) in [5.41, 5.74) is 0.0856. The normalized spacial score (nSPS) is 10.9. The summed E-state index contributed by atoms with van der Waals surface area (Å²) in [6, 6.07) is 3.49. The largest absolute Gasteiger partial charge is 0.872 e. The van der Waals surface area contributed by atoms with Crippen molar-refractivity contribution in [2.24, 2.45) is 5.11 Å². The number of aromatic nitrogens is 4. The predicted octanol–water partition coefficient (Wildman–Crippen LogP) is -1.45. The first-order valence-electron chi connectivity index (χ1n) is 4.78. The molecule has 0 saturated heterocycles. The number of nitrogens with one attached hydrogen (secondary N) is 2. The van der Waals surface area contributed by atoms with Crippen LogP contribution in [0.5, 0.6) is 5.75 Å². The Bertz CT molecular complexity index is 580. The fraction of sp³-hybridized carbons (Fsp3) is 0.125. The van der Waals surface area contributed by atoms with E-state index in [-0.39, 0.29) is 29.5 Å². The number of hydrogen-bond donors (Lipinski definition) is 2. The third-order valence-electron chi connectivity index (χ3n) is 2.04. The van der Waals surface area contributed by atoms with E-state index in [2.05, 4.69) is 30.9 Å². The number of benzene rings is 1. The van der Waals surface area contributed by atoms with Gasteiger partial charge in [-0.1, -0.05) is 16.9 Å². The van der Waals surface area contributed by atoms with E-state index in [9.17, 15) is 15.2 Å². The molecule has 1 aromatic heterocycles. The van der Waals surface area contributed by atoms with Crippen LogP contribution in [0.4, 0.5) is 11.6 Å². The van der Waals surface area contributed by atoms with Crippen LogP contribution in [0.3, 0.4) is 0 Å². The summed E-state index contributed by atoms with van der Waals surface area (Å²) in [5.74, 6) is -0.232. The van der Waals surface area contributed by atoms with E-state index in [1.165, 1.54) is 6.07 Å². The molecular formula is C8H7N7O3. The fourth-order valence-electron chi connectivity index (χ4n) is 1.22. The molecule has 0 fully saturated rings. The minimum absolute atomic E-state index is 0.0368. The van der Waals surface area contributed by atoms with E-state index in [0.29, 0.717) is 0 Å². The number of hydrogen-bond acceptors (Lipinski definition) is 7. The summed E-state index contributed by atoms with van der Waals surface area (Å²) < 4.78 is 0. The average Bonchev–Trinajstić information content (AvgIpc) is 2.84. The molecule has 2 rings (SSSR count). The van der Waals surface area contributed by atoms with Crippen molar-refractivity contribution >= 4 is 11.6 Å². The maximum atomic E-state index is 11.4. The number of aromatic amines is 1. The summed E-state index contributed by atoms with van der Waals surface area (Å²) in [6.07, 6.45) is 0. The third kappa shape index (κ3) is 2.61. The second-order valence-electron chi connectivity index (χ2n) is 3.21. The van der Waals surface area contributed by atoms with Crippen LogP contribution in [0.25, 0.3) is 0 Å². The second kappa shape index (κ2) is 4.95. The molecule has 0 radical (unpaired) electrons. The van der Waals surface area contributed by atoms with Gasteiger partial charge in [-0.2, -0.15) is 5.21 Å². The molecule has 1 aromatic carbocycles. The van der Waals surface area contributed by atoms with Crippen LogP contribution in [-0.4, -0.2) is 25.5 Å². The van der Waals surface area contributed by atoms with Gasteiger partial charge in [0.2, 0.25) is 0 Å². The van der Waals surface area contributed by atoms with Gasteiger partial charge in [0, 0.05) is 22.8 Å². The van der Waals surface area contributed by atoms with Gasteiger partial charge in [0.05, 0.1) is 4.92 Å². The van der Waals surface area contributed by atoms with E-state index in [0.717, 1.165) is 12.1 Å². The number of tetrazole rings is 1. The van der Waals surface area contributed by atoms with Gasteiger partial charge in [-0.05, 0) is 5.21 Å². The zero-order valence-electron chi connectivity index (χ0n) is 8.90. The van der Waals surface area contributed by atoms with Gasteiger partial charge >= 0.3 is 5.95 Å². The van der Waals surface area contributed by atoms with Gasteiger partial charge in [-0.25, -0.2) is 0 Å². The lowest BCUT2D eigenvalue weighted by Crippen LogP contribution is -2.63. The first kappa shape index (κ1) is 11.6. The molecular weight excluding hydrogens is 242 g/mol. The van der Waals surface area contributed by atoms with Crippen LogP contribution in [0.2, 0.25) is 0 Å². The van der Waals surface area contributed by atoms with Crippen molar-refractivity contribution in [3.05, 3.63) is 33.9 Å². The number of non-ortho nitro benzene ring substituents is 1. The highest BCUT2D eigenvalue weighted by molar-refractivity contribution is 5.41. The summed E-state index contributed by atoms with van der Waals surface area (Å²) in [7, 11) is 0. The molecule has 0 atom stereocenters. The number of azo groups is 1. The number of nitro groups is 1. The van der Waals surface area contributed by atoms with E-state index in [4.69, 9.17) is 0 Å². The molecule has 1 heterocycles. The number of rotatable bonds is 4. The van der Waals surface area contributed by atoms with Crippen molar-refractivity contribution < 1.29 is 15.1 Å². The molecule has 0 aliphatic heterocycles. The van der Waals surface area contributed by atoms with Gasteiger partial charge in [0.1, 0.15) is 0 Å². The van der Waals surface area contributed by atoms with E-state index in [1.54, 1.807) is 0 Å².